The highest BCUT2D eigenvalue weighted by molar-refractivity contribution is 5.01. The molecule has 2 heterocycles. The molecule has 32 heavy (non-hydrogen) atoms. The summed E-state index contributed by atoms with van der Waals surface area (Å²) in [7, 11) is 1.57. The van der Waals surface area contributed by atoms with E-state index in [4.69, 9.17) is 36.1 Å². The molecule has 0 bridgehead atoms. The molecular formula is C18H36N4O10. The SMILES string of the molecule is CN[C@@H]1[C@H](O)[C@@H](O[C@@H]2[C@@H](O)[C@H](O[C@H]3O[C@H](CO)[C@@H](O)[C@H](O)[C@H]3N)[C@@H](N)C[C@H]2N)OC[C@@H]1O. The molecule has 0 spiro atoms. The van der Waals surface area contributed by atoms with E-state index in [2.05, 4.69) is 5.32 Å². The highest BCUT2D eigenvalue weighted by Crippen LogP contribution is 2.30. The van der Waals surface area contributed by atoms with E-state index in [1.54, 1.807) is 7.05 Å². The van der Waals surface area contributed by atoms with Gasteiger partial charge in [0.2, 0.25) is 0 Å². The van der Waals surface area contributed by atoms with Gasteiger partial charge in [0, 0.05) is 12.1 Å². The van der Waals surface area contributed by atoms with Crippen LogP contribution in [0.3, 0.4) is 0 Å². The van der Waals surface area contributed by atoms with E-state index in [1.165, 1.54) is 0 Å². The van der Waals surface area contributed by atoms with Gasteiger partial charge in [-0.2, -0.15) is 0 Å². The van der Waals surface area contributed by atoms with Crippen molar-refractivity contribution in [3.63, 3.8) is 0 Å². The number of ether oxygens (including phenoxy) is 4. The van der Waals surface area contributed by atoms with Gasteiger partial charge in [0.1, 0.15) is 42.7 Å². The predicted molar refractivity (Wildman–Crippen MR) is 107 cm³/mol. The zero-order valence-corrected chi connectivity index (χ0v) is 17.8. The minimum Gasteiger partial charge on any atom is -0.394 e. The van der Waals surface area contributed by atoms with Crippen molar-refractivity contribution >= 4 is 0 Å². The Hall–Kier alpha value is -0.560. The average molecular weight is 469 g/mol. The average Bonchev–Trinajstić information content (AvgIpc) is 2.75. The molecule has 14 atom stereocenters. The monoisotopic (exact) mass is 468 g/mol. The minimum atomic E-state index is -1.44. The van der Waals surface area contributed by atoms with Crippen molar-refractivity contribution in [1.82, 2.24) is 5.32 Å². The van der Waals surface area contributed by atoms with Crippen LogP contribution in [0.25, 0.3) is 0 Å². The van der Waals surface area contributed by atoms with Gasteiger partial charge in [-0.1, -0.05) is 0 Å². The number of aliphatic hydroxyl groups excluding tert-OH is 6. The Kier molecular flexibility index (Phi) is 8.79. The van der Waals surface area contributed by atoms with E-state index in [-0.39, 0.29) is 13.0 Å². The first-order chi connectivity index (χ1) is 15.1. The van der Waals surface area contributed by atoms with Crippen LogP contribution in [-0.2, 0) is 18.9 Å². The molecule has 0 aromatic heterocycles. The fourth-order valence-corrected chi connectivity index (χ4v) is 4.45. The van der Waals surface area contributed by atoms with Gasteiger partial charge in [0.15, 0.2) is 12.6 Å². The molecule has 0 unspecified atom stereocenters. The van der Waals surface area contributed by atoms with Crippen molar-refractivity contribution in [1.29, 1.82) is 0 Å². The lowest BCUT2D eigenvalue weighted by Gasteiger charge is -2.47. The number of likely N-dealkylation sites (N-methyl/N-ethyl adjacent to an activating group) is 1. The molecule has 2 saturated heterocycles. The van der Waals surface area contributed by atoms with Gasteiger partial charge in [0.05, 0.1) is 31.4 Å². The van der Waals surface area contributed by atoms with Crippen molar-refractivity contribution in [2.75, 3.05) is 20.3 Å². The summed E-state index contributed by atoms with van der Waals surface area (Å²) >= 11 is 0. The Morgan fingerprint density at radius 3 is 2.03 bits per heavy atom. The lowest BCUT2D eigenvalue weighted by atomic mass is 9.84. The summed E-state index contributed by atoms with van der Waals surface area (Å²) in [6.45, 7) is -0.686. The Balaban J connectivity index is 1.70. The second kappa shape index (κ2) is 10.8. The van der Waals surface area contributed by atoms with Crippen molar-refractivity contribution in [2.24, 2.45) is 17.2 Å². The molecular weight excluding hydrogens is 432 g/mol. The number of aliphatic hydroxyl groups is 6. The first kappa shape index (κ1) is 26.1. The molecule has 0 aromatic rings. The van der Waals surface area contributed by atoms with Crippen molar-refractivity contribution < 1.29 is 49.6 Å². The van der Waals surface area contributed by atoms with Crippen LogP contribution in [0.2, 0.25) is 0 Å². The summed E-state index contributed by atoms with van der Waals surface area (Å²) in [6.07, 6.45) is -12.0. The number of rotatable bonds is 6. The quantitative estimate of drug-likeness (QED) is 0.174. The number of nitrogens with two attached hydrogens (primary N) is 3. The Morgan fingerprint density at radius 1 is 0.875 bits per heavy atom. The smallest absolute Gasteiger partial charge is 0.185 e. The van der Waals surface area contributed by atoms with Crippen LogP contribution in [-0.4, -0.2) is 136 Å². The molecule has 13 N–H and O–H groups in total. The van der Waals surface area contributed by atoms with Crippen molar-refractivity contribution in [3.05, 3.63) is 0 Å². The molecule has 14 nitrogen and oxygen atoms in total. The van der Waals surface area contributed by atoms with E-state index in [9.17, 15) is 30.6 Å². The van der Waals surface area contributed by atoms with E-state index in [0.717, 1.165) is 0 Å². The molecule has 0 radical (unpaired) electrons. The molecule has 188 valence electrons. The summed E-state index contributed by atoms with van der Waals surface area (Å²) in [4.78, 5) is 0. The van der Waals surface area contributed by atoms with Crippen LogP contribution in [0.5, 0.6) is 0 Å². The lowest BCUT2D eigenvalue weighted by molar-refractivity contribution is -0.311. The third-order valence-corrected chi connectivity index (χ3v) is 6.40. The van der Waals surface area contributed by atoms with E-state index in [0.29, 0.717) is 0 Å². The maximum Gasteiger partial charge on any atom is 0.185 e. The molecule has 14 heteroatoms. The topological polar surface area (TPSA) is 248 Å². The number of hydrogen-bond donors (Lipinski definition) is 10. The van der Waals surface area contributed by atoms with Crippen molar-refractivity contribution in [2.45, 2.75) is 92.0 Å². The Bertz CT molecular complexity index is 606. The van der Waals surface area contributed by atoms with Crippen LogP contribution in [0.1, 0.15) is 6.42 Å². The van der Waals surface area contributed by atoms with Gasteiger partial charge in [0.25, 0.3) is 0 Å². The van der Waals surface area contributed by atoms with Crippen LogP contribution in [0.15, 0.2) is 0 Å². The van der Waals surface area contributed by atoms with Gasteiger partial charge in [-0.15, -0.1) is 0 Å². The first-order valence-corrected chi connectivity index (χ1v) is 10.6. The third-order valence-electron chi connectivity index (χ3n) is 6.40. The maximum absolute atomic E-state index is 10.9. The maximum atomic E-state index is 10.9. The summed E-state index contributed by atoms with van der Waals surface area (Å²) in [5, 5.41) is 63.6. The van der Waals surface area contributed by atoms with E-state index < -0.39 is 92.2 Å². The van der Waals surface area contributed by atoms with Gasteiger partial charge in [-0.3, -0.25) is 0 Å². The Labute approximate surface area is 185 Å². The lowest BCUT2D eigenvalue weighted by Crippen LogP contribution is -2.68. The van der Waals surface area contributed by atoms with Crippen LogP contribution in [0, 0.1) is 0 Å². The largest absolute Gasteiger partial charge is 0.394 e. The third kappa shape index (κ3) is 5.08. The molecule has 2 aliphatic heterocycles. The number of nitrogens with one attached hydrogen (secondary N) is 1. The molecule has 0 amide bonds. The zero-order chi connectivity index (χ0) is 23.7. The van der Waals surface area contributed by atoms with Crippen LogP contribution >= 0.6 is 0 Å². The van der Waals surface area contributed by atoms with Gasteiger partial charge >= 0.3 is 0 Å². The predicted octanol–water partition coefficient (Wildman–Crippen LogP) is -6.39. The highest BCUT2D eigenvalue weighted by atomic mass is 16.7. The summed E-state index contributed by atoms with van der Waals surface area (Å²) in [5.41, 5.74) is 18.2. The molecule has 1 saturated carbocycles. The fourth-order valence-electron chi connectivity index (χ4n) is 4.45. The second-order valence-corrected chi connectivity index (χ2v) is 8.61. The summed E-state index contributed by atoms with van der Waals surface area (Å²) in [5.74, 6) is 0. The fraction of sp³-hybridized carbons (Fsp3) is 1.00. The van der Waals surface area contributed by atoms with Crippen LogP contribution < -0.4 is 22.5 Å². The molecule has 3 aliphatic rings. The highest BCUT2D eigenvalue weighted by Gasteiger charge is 2.50. The molecule has 1 aliphatic carbocycles. The molecule has 3 rings (SSSR count). The molecule has 0 aromatic carbocycles. The zero-order valence-electron chi connectivity index (χ0n) is 17.8. The Morgan fingerprint density at radius 2 is 1.47 bits per heavy atom. The van der Waals surface area contributed by atoms with Gasteiger partial charge in [-0.25, -0.2) is 0 Å². The van der Waals surface area contributed by atoms with E-state index >= 15 is 0 Å². The first-order valence-electron chi connectivity index (χ1n) is 10.6. The van der Waals surface area contributed by atoms with E-state index in [1.807, 2.05) is 0 Å². The standard InChI is InChI=1S/C18H36N4O10/c1-22-10-7(24)4-29-18(13(10)27)32-16-6(20)2-5(19)15(14(16)28)31-17-9(21)12(26)11(25)8(3-23)30-17/h5-18,22-28H,2-4,19-21H2,1H3/t5-,6+,7-,8+,9+,10-,11+,12+,13-,14-,15+,16-,17+,18+/m0/s1. The second-order valence-electron chi connectivity index (χ2n) is 8.61. The molecule has 3 fully saturated rings. The van der Waals surface area contributed by atoms with Crippen molar-refractivity contribution in [3.8, 4) is 0 Å². The summed E-state index contributed by atoms with van der Waals surface area (Å²) in [6, 6.07) is -3.37. The normalized spacial score (nSPS) is 52.7. The van der Waals surface area contributed by atoms with Gasteiger partial charge < -0.3 is 72.1 Å². The van der Waals surface area contributed by atoms with Gasteiger partial charge in [-0.05, 0) is 13.5 Å². The minimum absolute atomic E-state index is 0.0989. The van der Waals surface area contributed by atoms with Crippen LogP contribution in [0.4, 0.5) is 0 Å². The number of hydrogen-bond acceptors (Lipinski definition) is 14. The summed E-state index contributed by atoms with van der Waals surface area (Å²) < 4.78 is 22.4.